The van der Waals surface area contributed by atoms with Crippen molar-refractivity contribution in [1.29, 1.82) is 0 Å². The molecule has 2 aromatic heterocycles. The van der Waals surface area contributed by atoms with Gasteiger partial charge in [0.25, 0.3) is 0 Å². The number of benzene rings is 2. The molecule has 8 heteroatoms. The molecule has 0 amide bonds. The summed E-state index contributed by atoms with van der Waals surface area (Å²) < 4.78 is 20.3. The van der Waals surface area contributed by atoms with Crippen molar-refractivity contribution in [2.45, 2.75) is 39.2 Å². The zero-order valence-corrected chi connectivity index (χ0v) is 20.6. The lowest BCUT2D eigenvalue weighted by Crippen LogP contribution is -2.49. The summed E-state index contributed by atoms with van der Waals surface area (Å²) in [4.78, 5) is 12.4. The number of aryl methyl sites for hydroxylation is 2. The molecule has 0 radical (unpaired) electrons. The van der Waals surface area contributed by atoms with E-state index >= 15 is 0 Å². The number of rotatable bonds is 1. The van der Waals surface area contributed by atoms with Crippen LogP contribution >= 0.6 is 23.2 Å². The molecule has 0 bridgehead atoms. The molecule has 4 aromatic rings. The van der Waals surface area contributed by atoms with E-state index in [0.29, 0.717) is 39.6 Å². The first-order valence-corrected chi connectivity index (χ1v) is 11.9. The number of fused-ring (bicyclic) bond motifs is 7. The molecule has 34 heavy (non-hydrogen) atoms. The molecule has 0 spiro atoms. The van der Waals surface area contributed by atoms with Crippen LogP contribution in [0.4, 0.5) is 0 Å². The van der Waals surface area contributed by atoms with Gasteiger partial charge in [-0.3, -0.25) is 0 Å². The lowest BCUT2D eigenvalue weighted by Gasteiger charge is -2.46. The molecule has 0 fully saturated rings. The standard InChI is InChI=1S/C26H22Cl2N2O4/c1-12-9-20(31)33-24-15(12)6-8-19-23(24)22-16(11-32-19)26(3,4)34-25-21(22)13(2)29-30(25)18-7-5-14(27)10-17(18)28/h5-10,16,22H,11H2,1-4H3/t16-,22+/m0/s1. The second-order valence-electron chi connectivity index (χ2n) is 9.51. The first kappa shape index (κ1) is 21.6. The van der Waals surface area contributed by atoms with Gasteiger partial charge in [0.15, 0.2) is 0 Å². The second kappa shape index (κ2) is 7.27. The topological polar surface area (TPSA) is 66.5 Å². The number of halogens is 2. The highest BCUT2D eigenvalue weighted by Gasteiger charge is 2.51. The Bertz CT molecular complexity index is 1550. The van der Waals surface area contributed by atoms with E-state index in [9.17, 15) is 4.79 Å². The van der Waals surface area contributed by atoms with Crippen molar-refractivity contribution in [3.8, 4) is 17.3 Å². The first-order valence-electron chi connectivity index (χ1n) is 11.1. The maximum atomic E-state index is 12.4. The van der Waals surface area contributed by atoms with Crippen molar-refractivity contribution in [3.05, 3.63) is 79.2 Å². The fourth-order valence-corrected chi connectivity index (χ4v) is 5.84. The Labute approximate surface area is 206 Å². The summed E-state index contributed by atoms with van der Waals surface area (Å²) in [6.45, 7) is 8.44. The van der Waals surface area contributed by atoms with Crippen LogP contribution in [-0.2, 0) is 0 Å². The third-order valence-electron chi connectivity index (χ3n) is 7.01. The summed E-state index contributed by atoms with van der Waals surface area (Å²) in [6.07, 6.45) is 0. The van der Waals surface area contributed by atoms with Gasteiger partial charge in [0.05, 0.1) is 23.0 Å². The van der Waals surface area contributed by atoms with E-state index in [-0.39, 0.29) is 17.5 Å². The Kier molecular flexibility index (Phi) is 4.61. The van der Waals surface area contributed by atoms with Gasteiger partial charge in [-0.15, -0.1) is 0 Å². The van der Waals surface area contributed by atoms with Crippen LogP contribution in [-0.4, -0.2) is 22.0 Å². The molecule has 0 saturated carbocycles. The number of ether oxygens (including phenoxy) is 2. The van der Waals surface area contributed by atoms with Gasteiger partial charge in [0.1, 0.15) is 16.9 Å². The first-order chi connectivity index (χ1) is 16.2. The van der Waals surface area contributed by atoms with Crippen LogP contribution < -0.4 is 15.1 Å². The van der Waals surface area contributed by atoms with Crippen LogP contribution in [0.3, 0.4) is 0 Å². The van der Waals surface area contributed by atoms with Crippen LogP contribution in [0, 0.1) is 19.8 Å². The number of nitrogens with zero attached hydrogens (tertiary/aromatic N) is 2. The van der Waals surface area contributed by atoms with Gasteiger partial charge in [-0.05, 0) is 63.6 Å². The van der Waals surface area contributed by atoms with Crippen molar-refractivity contribution in [1.82, 2.24) is 9.78 Å². The van der Waals surface area contributed by atoms with Crippen molar-refractivity contribution in [3.63, 3.8) is 0 Å². The monoisotopic (exact) mass is 496 g/mol. The Hall–Kier alpha value is -2.96. The van der Waals surface area contributed by atoms with Crippen molar-refractivity contribution >= 4 is 34.2 Å². The lowest BCUT2D eigenvalue weighted by molar-refractivity contribution is -0.0184. The summed E-state index contributed by atoms with van der Waals surface area (Å²) in [5.74, 6) is 1.16. The van der Waals surface area contributed by atoms with E-state index in [4.69, 9.17) is 42.2 Å². The van der Waals surface area contributed by atoms with Gasteiger partial charge in [-0.25, -0.2) is 4.79 Å². The minimum atomic E-state index is -0.592. The van der Waals surface area contributed by atoms with Crippen molar-refractivity contribution in [2.24, 2.45) is 5.92 Å². The summed E-state index contributed by atoms with van der Waals surface area (Å²) >= 11 is 12.7. The molecule has 4 heterocycles. The van der Waals surface area contributed by atoms with Gasteiger partial charge < -0.3 is 13.9 Å². The molecule has 2 aliphatic rings. The van der Waals surface area contributed by atoms with Gasteiger partial charge in [0.2, 0.25) is 5.88 Å². The molecule has 2 aliphatic heterocycles. The predicted molar refractivity (Wildman–Crippen MR) is 131 cm³/mol. The molecule has 6 nitrogen and oxygen atoms in total. The van der Waals surface area contributed by atoms with E-state index in [1.165, 1.54) is 6.07 Å². The Balaban J connectivity index is 1.67. The Morgan fingerprint density at radius 1 is 1.09 bits per heavy atom. The third kappa shape index (κ3) is 3.01. The highest BCUT2D eigenvalue weighted by atomic mass is 35.5. The molecule has 0 aliphatic carbocycles. The minimum absolute atomic E-state index is 0.0269. The fourth-order valence-electron chi connectivity index (χ4n) is 5.35. The lowest BCUT2D eigenvalue weighted by atomic mass is 9.70. The predicted octanol–water partition coefficient (Wildman–Crippen LogP) is 6.21. The van der Waals surface area contributed by atoms with E-state index in [2.05, 4.69) is 0 Å². The molecule has 2 atom stereocenters. The fraction of sp³-hybridized carbons (Fsp3) is 0.308. The average Bonchev–Trinajstić information content (AvgIpc) is 3.07. The largest absolute Gasteiger partial charge is 0.493 e. The highest BCUT2D eigenvalue weighted by molar-refractivity contribution is 6.35. The maximum absolute atomic E-state index is 12.4. The molecule has 2 aromatic carbocycles. The van der Waals surface area contributed by atoms with E-state index in [1.54, 1.807) is 16.8 Å². The van der Waals surface area contributed by atoms with Crippen LogP contribution in [0.5, 0.6) is 11.6 Å². The van der Waals surface area contributed by atoms with Crippen molar-refractivity contribution < 1.29 is 13.9 Å². The van der Waals surface area contributed by atoms with Gasteiger partial charge in [-0.1, -0.05) is 23.2 Å². The molecular weight excluding hydrogens is 475 g/mol. The number of aromatic nitrogens is 2. The zero-order chi connectivity index (χ0) is 23.9. The van der Waals surface area contributed by atoms with Crippen LogP contribution in [0.1, 0.15) is 42.1 Å². The summed E-state index contributed by atoms with van der Waals surface area (Å²) in [5, 5.41) is 6.73. The molecule has 0 saturated heterocycles. The molecule has 0 unspecified atom stereocenters. The SMILES string of the molecule is Cc1nn(-c2ccc(Cl)cc2Cl)c2c1[C@@H]1c3c(ccc4c(C)cc(=O)oc34)OC[C@@H]1C(C)(C)O2. The van der Waals surface area contributed by atoms with Crippen LogP contribution in [0.15, 0.2) is 45.6 Å². The highest BCUT2D eigenvalue weighted by Crippen LogP contribution is 2.55. The number of hydrogen-bond donors (Lipinski definition) is 0. The van der Waals surface area contributed by atoms with Gasteiger partial charge in [0, 0.05) is 39.4 Å². The van der Waals surface area contributed by atoms with Gasteiger partial charge >= 0.3 is 5.63 Å². The Morgan fingerprint density at radius 2 is 1.88 bits per heavy atom. The second-order valence-corrected chi connectivity index (χ2v) is 10.4. The summed E-state index contributed by atoms with van der Waals surface area (Å²) in [6, 6.07) is 10.7. The van der Waals surface area contributed by atoms with Crippen molar-refractivity contribution in [2.75, 3.05) is 6.61 Å². The van der Waals surface area contributed by atoms with Crippen LogP contribution in [0.2, 0.25) is 10.0 Å². The molecule has 0 N–H and O–H groups in total. The van der Waals surface area contributed by atoms with Crippen LogP contribution in [0.25, 0.3) is 16.7 Å². The summed E-state index contributed by atoms with van der Waals surface area (Å²) in [5.41, 5.74) is 3.73. The molecule has 174 valence electrons. The number of hydrogen-bond acceptors (Lipinski definition) is 5. The van der Waals surface area contributed by atoms with Gasteiger partial charge in [-0.2, -0.15) is 9.78 Å². The van der Waals surface area contributed by atoms with E-state index in [1.807, 2.05) is 45.9 Å². The quantitative estimate of drug-likeness (QED) is 0.293. The molecular formula is C26H22Cl2N2O4. The zero-order valence-electron chi connectivity index (χ0n) is 19.1. The maximum Gasteiger partial charge on any atom is 0.336 e. The minimum Gasteiger partial charge on any atom is -0.493 e. The normalized spacial score (nSPS) is 20.2. The smallest absolute Gasteiger partial charge is 0.336 e. The van der Waals surface area contributed by atoms with E-state index in [0.717, 1.165) is 27.8 Å². The average molecular weight is 497 g/mol. The Morgan fingerprint density at radius 3 is 2.65 bits per heavy atom. The molecule has 6 rings (SSSR count). The third-order valence-corrected chi connectivity index (χ3v) is 7.55. The summed E-state index contributed by atoms with van der Waals surface area (Å²) in [7, 11) is 0. The van der Waals surface area contributed by atoms with E-state index < -0.39 is 5.60 Å².